The summed E-state index contributed by atoms with van der Waals surface area (Å²) in [6.07, 6.45) is -0.934. The zero-order valence-corrected chi connectivity index (χ0v) is 12.5. The molecule has 1 aromatic heterocycles. The van der Waals surface area contributed by atoms with Gasteiger partial charge in [0.05, 0.1) is 0 Å². The highest BCUT2D eigenvalue weighted by Gasteiger charge is 2.21. The van der Waals surface area contributed by atoms with Gasteiger partial charge in [-0.05, 0) is 31.2 Å². The average molecular weight is 309 g/mol. The number of anilines is 1. The molecule has 3 aromatic rings. The number of rotatable bonds is 4. The molecule has 0 bridgehead atoms. The molecule has 5 nitrogen and oxygen atoms in total. The van der Waals surface area contributed by atoms with Gasteiger partial charge in [-0.3, -0.25) is 4.79 Å². The number of esters is 1. The quantitative estimate of drug-likeness (QED) is 0.747. The highest BCUT2D eigenvalue weighted by atomic mass is 16.6. The first kappa shape index (κ1) is 14.8. The predicted octanol–water partition coefficient (Wildman–Crippen LogP) is 3.62. The van der Waals surface area contributed by atoms with Crippen LogP contribution in [-0.4, -0.2) is 18.0 Å². The van der Waals surface area contributed by atoms with Crippen molar-refractivity contribution in [2.75, 3.05) is 5.32 Å². The topological polar surface area (TPSA) is 68.5 Å². The molecular formula is C18H15NO4. The first-order valence-electron chi connectivity index (χ1n) is 7.19. The molecule has 0 unspecified atom stereocenters. The van der Waals surface area contributed by atoms with Crippen molar-refractivity contribution in [3.8, 4) is 0 Å². The number of carbonyl (C=O) groups excluding carboxylic acids is 2. The Morgan fingerprint density at radius 2 is 1.74 bits per heavy atom. The number of hydrogen-bond acceptors (Lipinski definition) is 4. The van der Waals surface area contributed by atoms with Crippen molar-refractivity contribution in [3.63, 3.8) is 0 Å². The van der Waals surface area contributed by atoms with Gasteiger partial charge in [-0.15, -0.1) is 0 Å². The summed E-state index contributed by atoms with van der Waals surface area (Å²) < 4.78 is 10.6. The number of fused-ring (bicyclic) bond motifs is 1. The molecule has 0 saturated heterocycles. The molecule has 0 spiro atoms. The van der Waals surface area contributed by atoms with Crippen LogP contribution in [0.25, 0.3) is 11.0 Å². The fourth-order valence-electron chi connectivity index (χ4n) is 2.12. The van der Waals surface area contributed by atoms with Crippen LogP contribution in [0.4, 0.5) is 5.69 Å². The minimum atomic E-state index is -0.934. The zero-order chi connectivity index (χ0) is 16.2. The third-order valence-corrected chi connectivity index (χ3v) is 3.32. The van der Waals surface area contributed by atoms with E-state index in [4.69, 9.17) is 9.15 Å². The van der Waals surface area contributed by atoms with E-state index in [-0.39, 0.29) is 5.76 Å². The predicted molar refractivity (Wildman–Crippen MR) is 86.2 cm³/mol. The minimum Gasteiger partial charge on any atom is -0.449 e. The van der Waals surface area contributed by atoms with Crippen molar-refractivity contribution in [1.82, 2.24) is 0 Å². The number of para-hydroxylation sites is 2. The highest BCUT2D eigenvalue weighted by Crippen LogP contribution is 2.20. The molecule has 0 aliphatic heterocycles. The van der Waals surface area contributed by atoms with E-state index >= 15 is 0 Å². The monoisotopic (exact) mass is 309 g/mol. The molecule has 1 atom stereocenters. The van der Waals surface area contributed by atoms with E-state index < -0.39 is 18.0 Å². The lowest BCUT2D eigenvalue weighted by Crippen LogP contribution is -2.29. The van der Waals surface area contributed by atoms with Crippen LogP contribution in [0, 0.1) is 0 Å². The van der Waals surface area contributed by atoms with Crippen molar-refractivity contribution < 1.29 is 18.7 Å². The van der Waals surface area contributed by atoms with Crippen molar-refractivity contribution in [2.24, 2.45) is 0 Å². The number of amides is 1. The average Bonchev–Trinajstić information content (AvgIpc) is 3.00. The smallest absolute Gasteiger partial charge is 0.375 e. The fourth-order valence-corrected chi connectivity index (χ4v) is 2.12. The Kier molecular flexibility index (Phi) is 4.10. The largest absolute Gasteiger partial charge is 0.449 e. The van der Waals surface area contributed by atoms with Gasteiger partial charge in [0.1, 0.15) is 5.58 Å². The van der Waals surface area contributed by atoms with E-state index in [1.807, 2.05) is 24.3 Å². The van der Waals surface area contributed by atoms with Crippen molar-refractivity contribution in [1.29, 1.82) is 0 Å². The van der Waals surface area contributed by atoms with Crippen LogP contribution in [0.5, 0.6) is 0 Å². The van der Waals surface area contributed by atoms with E-state index in [1.54, 1.807) is 36.4 Å². The normalized spacial score (nSPS) is 11.9. The molecule has 5 heteroatoms. The van der Waals surface area contributed by atoms with Crippen molar-refractivity contribution in [2.45, 2.75) is 13.0 Å². The van der Waals surface area contributed by atoms with Crippen LogP contribution in [0.15, 0.2) is 65.1 Å². The number of furan rings is 1. The molecule has 0 saturated carbocycles. The Balaban J connectivity index is 1.65. The summed E-state index contributed by atoms with van der Waals surface area (Å²) in [7, 11) is 0. The standard InChI is InChI=1S/C18H15NO4/c1-12(17(20)19-14-8-3-2-4-9-14)22-18(21)16-11-13-7-5-6-10-15(13)23-16/h2-12H,1H3,(H,19,20)/t12-/m0/s1. The number of benzene rings is 2. The summed E-state index contributed by atoms with van der Waals surface area (Å²) in [5, 5.41) is 3.48. The van der Waals surface area contributed by atoms with Gasteiger partial charge in [0.25, 0.3) is 5.91 Å². The molecule has 23 heavy (non-hydrogen) atoms. The first-order chi connectivity index (χ1) is 11.1. The van der Waals surface area contributed by atoms with Gasteiger partial charge in [-0.25, -0.2) is 4.79 Å². The molecule has 3 rings (SSSR count). The third kappa shape index (κ3) is 3.40. The summed E-state index contributed by atoms with van der Waals surface area (Å²) in [5.74, 6) is -0.997. The maximum absolute atomic E-state index is 12.1. The summed E-state index contributed by atoms with van der Waals surface area (Å²) >= 11 is 0. The summed E-state index contributed by atoms with van der Waals surface area (Å²) in [4.78, 5) is 24.1. The van der Waals surface area contributed by atoms with E-state index in [9.17, 15) is 9.59 Å². The number of carbonyl (C=O) groups is 2. The summed E-state index contributed by atoms with van der Waals surface area (Å²) in [6.45, 7) is 1.51. The minimum absolute atomic E-state index is 0.0746. The van der Waals surface area contributed by atoms with Crippen LogP contribution in [0.2, 0.25) is 0 Å². The van der Waals surface area contributed by atoms with E-state index in [0.717, 1.165) is 5.39 Å². The molecule has 0 aliphatic rings. The molecule has 0 radical (unpaired) electrons. The van der Waals surface area contributed by atoms with Gasteiger partial charge >= 0.3 is 5.97 Å². The molecule has 116 valence electrons. The van der Waals surface area contributed by atoms with Gasteiger partial charge in [-0.1, -0.05) is 36.4 Å². The fraction of sp³-hybridized carbons (Fsp3) is 0.111. The molecule has 1 amide bonds. The van der Waals surface area contributed by atoms with Gasteiger partial charge in [0.2, 0.25) is 5.76 Å². The molecule has 2 aromatic carbocycles. The second-order valence-electron chi connectivity index (χ2n) is 5.05. The Morgan fingerprint density at radius 3 is 2.48 bits per heavy atom. The first-order valence-corrected chi connectivity index (χ1v) is 7.19. The lowest BCUT2D eigenvalue weighted by molar-refractivity contribution is -0.123. The Labute approximate surface area is 132 Å². The van der Waals surface area contributed by atoms with Crippen LogP contribution >= 0.6 is 0 Å². The molecule has 0 aliphatic carbocycles. The van der Waals surface area contributed by atoms with Crippen LogP contribution < -0.4 is 5.32 Å². The Morgan fingerprint density at radius 1 is 1.04 bits per heavy atom. The van der Waals surface area contributed by atoms with Crippen LogP contribution in [0.1, 0.15) is 17.5 Å². The van der Waals surface area contributed by atoms with Crippen LogP contribution in [0.3, 0.4) is 0 Å². The zero-order valence-electron chi connectivity index (χ0n) is 12.5. The summed E-state index contributed by atoms with van der Waals surface area (Å²) in [5.41, 5.74) is 1.24. The Bertz CT molecular complexity index is 805. The maximum Gasteiger partial charge on any atom is 0.375 e. The van der Waals surface area contributed by atoms with Gasteiger partial charge in [0.15, 0.2) is 6.10 Å². The van der Waals surface area contributed by atoms with E-state index in [1.165, 1.54) is 6.92 Å². The second kappa shape index (κ2) is 6.36. The molecule has 1 N–H and O–H groups in total. The van der Waals surface area contributed by atoms with Gasteiger partial charge in [0, 0.05) is 11.1 Å². The highest BCUT2D eigenvalue weighted by molar-refractivity contribution is 5.97. The molecule has 1 heterocycles. The third-order valence-electron chi connectivity index (χ3n) is 3.32. The maximum atomic E-state index is 12.1. The molecule has 0 fully saturated rings. The number of ether oxygens (including phenoxy) is 1. The Hall–Kier alpha value is -3.08. The van der Waals surface area contributed by atoms with Crippen LogP contribution in [-0.2, 0) is 9.53 Å². The van der Waals surface area contributed by atoms with Gasteiger partial charge in [-0.2, -0.15) is 0 Å². The number of hydrogen-bond donors (Lipinski definition) is 1. The SMILES string of the molecule is C[C@H](OC(=O)c1cc2ccccc2o1)C(=O)Nc1ccccc1. The molecular weight excluding hydrogens is 294 g/mol. The lowest BCUT2D eigenvalue weighted by Gasteiger charge is -2.12. The van der Waals surface area contributed by atoms with Crippen molar-refractivity contribution >= 4 is 28.5 Å². The summed E-state index contributed by atoms with van der Waals surface area (Å²) in [6, 6.07) is 17.8. The van der Waals surface area contributed by atoms with Crippen molar-refractivity contribution in [3.05, 3.63) is 66.4 Å². The van der Waals surface area contributed by atoms with E-state index in [0.29, 0.717) is 11.3 Å². The lowest BCUT2D eigenvalue weighted by atomic mass is 10.2. The van der Waals surface area contributed by atoms with Gasteiger partial charge < -0.3 is 14.5 Å². The second-order valence-corrected chi connectivity index (χ2v) is 5.05. The number of nitrogens with one attached hydrogen (secondary N) is 1. The van der Waals surface area contributed by atoms with E-state index in [2.05, 4.69) is 5.32 Å².